The van der Waals surface area contributed by atoms with Gasteiger partial charge < -0.3 is 0 Å². The van der Waals surface area contributed by atoms with Crippen LogP contribution >= 0.6 is 23.1 Å². The second-order valence-corrected chi connectivity index (χ2v) is 7.49. The second-order valence-electron chi connectivity index (χ2n) is 5.00. The number of nitrogens with zero attached hydrogens (tertiary/aromatic N) is 3. The molecule has 124 valence electrons. The van der Waals surface area contributed by atoms with E-state index in [4.69, 9.17) is 0 Å². The van der Waals surface area contributed by atoms with Gasteiger partial charge in [0.05, 0.1) is 11.1 Å². The number of anilines is 1. The van der Waals surface area contributed by atoms with Gasteiger partial charge in [-0.1, -0.05) is 42.2 Å². The highest BCUT2D eigenvalue weighted by Gasteiger charge is 2.40. The van der Waals surface area contributed by atoms with Crippen molar-refractivity contribution in [1.29, 1.82) is 0 Å². The molecule has 1 aliphatic rings. The lowest BCUT2D eigenvalue weighted by molar-refractivity contribution is -0.119. The van der Waals surface area contributed by atoms with Crippen molar-refractivity contribution in [1.82, 2.24) is 15.1 Å². The molecule has 0 saturated carbocycles. The van der Waals surface area contributed by atoms with Crippen molar-refractivity contribution in [2.24, 2.45) is 0 Å². The third-order valence-electron chi connectivity index (χ3n) is 3.50. The van der Waals surface area contributed by atoms with E-state index in [0.29, 0.717) is 16.3 Å². The predicted octanol–water partition coefficient (Wildman–Crippen LogP) is 2.27. The molecule has 1 aliphatic heterocycles. The Morgan fingerprint density at radius 2 is 1.88 bits per heavy atom. The summed E-state index contributed by atoms with van der Waals surface area (Å²) in [5.74, 6) is -0.544. The number of carbonyl (C=O) groups is 3. The van der Waals surface area contributed by atoms with Gasteiger partial charge in [-0.05, 0) is 24.8 Å². The highest BCUT2D eigenvalue weighted by atomic mass is 32.2. The van der Waals surface area contributed by atoms with Gasteiger partial charge in [0, 0.05) is 0 Å². The maximum Gasteiger partial charge on any atom is 0.262 e. The third kappa shape index (κ3) is 2.92. The Morgan fingerprint density at radius 1 is 1.25 bits per heavy atom. The zero-order chi connectivity index (χ0) is 17.3. The van der Waals surface area contributed by atoms with Crippen LogP contribution in [0, 0.1) is 0 Å². The number of imide groups is 1. The molecule has 2 heterocycles. The Balaban J connectivity index is 1.74. The molecule has 0 spiro atoms. The van der Waals surface area contributed by atoms with E-state index in [1.54, 1.807) is 24.3 Å². The molecule has 1 aromatic heterocycles. The number of thioether (sulfide) groups is 1. The minimum Gasteiger partial charge on any atom is -0.299 e. The maximum absolute atomic E-state index is 12.4. The first-order valence-electron chi connectivity index (χ1n) is 7.27. The highest BCUT2D eigenvalue weighted by molar-refractivity contribution is 8.01. The van der Waals surface area contributed by atoms with E-state index in [9.17, 15) is 14.4 Å². The van der Waals surface area contributed by atoms with Crippen LogP contribution in [0.1, 0.15) is 34.6 Å². The Labute approximate surface area is 146 Å². The number of nitrogens with one attached hydrogen (secondary N) is 1. The number of rotatable bonds is 5. The number of hydrogen-bond donors (Lipinski definition) is 1. The van der Waals surface area contributed by atoms with Gasteiger partial charge in [-0.3, -0.25) is 24.6 Å². The molecule has 7 nitrogen and oxygen atoms in total. The second kappa shape index (κ2) is 6.70. The van der Waals surface area contributed by atoms with E-state index in [2.05, 4.69) is 15.5 Å². The van der Waals surface area contributed by atoms with Crippen LogP contribution in [0.3, 0.4) is 0 Å². The van der Waals surface area contributed by atoms with Gasteiger partial charge in [0.15, 0.2) is 4.34 Å². The van der Waals surface area contributed by atoms with E-state index in [1.807, 2.05) is 6.92 Å². The Hall–Kier alpha value is -2.26. The Kier molecular flexibility index (Phi) is 4.63. The molecular weight excluding hydrogens is 348 g/mol. The van der Waals surface area contributed by atoms with Crippen molar-refractivity contribution in [2.45, 2.75) is 24.2 Å². The molecule has 0 fully saturated rings. The lowest BCUT2D eigenvalue weighted by Gasteiger charge is -2.20. The van der Waals surface area contributed by atoms with Crippen LogP contribution in [-0.2, 0) is 4.79 Å². The summed E-state index contributed by atoms with van der Waals surface area (Å²) < 4.78 is 0.751. The van der Waals surface area contributed by atoms with Crippen LogP contribution in [0.15, 0.2) is 28.6 Å². The first-order chi connectivity index (χ1) is 11.5. The van der Waals surface area contributed by atoms with E-state index < -0.39 is 23.8 Å². The average molecular weight is 362 g/mol. The van der Waals surface area contributed by atoms with Crippen LogP contribution in [-0.4, -0.2) is 44.6 Å². The summed E-state index contributed by atoms with van der Waals surface area (Å²) in [6, 6.07) is 5.60. The molecule has 2 aromatic rings. The van der Waals surface area contributed by atoms with Gasteiger partial charge >= 0.3 is 0 Å². The summed E-state index contributed by atoms with van der Waals surface area (Å²) in [5, 5.41) is 10.8. The molecule has 1 atom stereocenters. The van der Waals surface area contributed by atoms with Crippen LogP contribution in [0.25, 0.3) is 0 Å². The summed E-state index contributed by atoms with van der Waals surface area (Å²) in [5.41, 5.74) is 0.638. The monoisotopic (exact) mass is 362 g/mol. The fourth-order valence-corrected chi connectivity index (χ4v) is 3.98. The van der Waals surface area contributed by atoms with Gasteiger partial charge in [-0.25, -0.2) is 0 Å². The van der Waals surface area contributed by atoms with Gasteiger partial charge in [-0.15, -0.1) is 10.2 Å². The standard InChI is InChI=1S/C15H14N4O3S2/c1-3-23-15-18-17-14(24-15)16-11(20)8(2)19-12(21)9-6-4-5-7-10(9)13(19)22/h4-8H,3H2,1-2H3,(H,16,17,20)/t8-/m1/s1. The zero-order valence-corrected chi connectivity index (χ0v) is 14.6. The molecule has 0 aliphatic carbocycles. The maximum atomic E-state index is 12.4. The third-order valence-corrected chi connectivity index (χ3v) is 5.35. The Morgan fingerprint density at radius 3 is 2.46 bits per heavy atom. The molecule has 0 bridgehead atoms. The van der Waals surface area contributed by atoms with Crippen molar-refractivity contribution >= 4 is 46.0 Å². The molecule has 1 aromatic carbocycles. The van der Waals surface area contributed by atoms with Gasteiger partial charge in [0.1, 0.15) is 6.04 Å². The molecule has 0 radical (unpaired) electrons. The van der Waals surface area contributed by atoms with Crippen molar-refractivity contribution in [2.75, 3.05) is 11.1 Å². The first kappa shape index (κ1) is 16.6. The number of benzene rings is 1. The number of hydrogen-bond acceptors (Lipinski definition) is 7. The molecule has 9 heteroatoms. The molecular formula is C15H14N4O3S2. The van der Waals surface area contributed by atoms with E-state index in [0.717, 1.165) is 15.0 Å². The molecule has 3 amide bonds. The summed E-state index contributed by atoms with van der Waals surface area (Å²) in [6.07, 6.45) is 0. The number of carbonyl (C=O) groups excluding carboxylic acids is 3. The van der Waals surface area contributed by atoms with Crippen molar-refractivity contribution < 1.29 is 14.4 Å². The highest BCUT2D eigenvalue weighted by Crippen LogP contribution is 2.27. The minimum atomic E-state index is -0.941. The van der Waals surface area contributed by atoms with Crippen molar-refractivity contribution in [3.8, 4) is 0 Å². The summed E-state index contributed by atoms with van der Waals surface area (Å²) in [7, 11) is 0. The van der Waals surface area contributed by atoms with E-state index in [1.165, 1.54) is 30.0 Å². The molecule has 0 unspecified atom stereocenters. The molecule has 24 heavy (non-hydrogen) atoms. The van der Waals surface area contributed by atoms with Gasteiger partial charge in [0.2, 0.25) is 11.0 Å². The summed E-state index contributed by atoms with van der Waals surface area (Å²) in [4.78, 5) is 38.1. The summed E-state index contributed by atoms with van der Waals surface area (Å²) in [6.45, 7) is 3.51. The first-order valence-corrected chi connectivity index (χ1v) is 9.07. The van der Waals surface area contributed by atoms with Crippen LogP contribution in [0.2, 0.25) is 0 Å². The largest absolute Gasteiger partial charge is 0.299 e. The zero-order valence-electron chi connectivity index (χ0n) is 13.0. The van der Waals surface area contributed by atoms with Gasteiger partial charge in [0.25, 0.3) is 11.8 Å². The fourth-order valence-electron chi connectivity index (χ4n) is 2.33. The topological polar surface area (TPSA) is 92.3 Å². The quantitative estimate of drug-likeness (QED) is 0.498. The van der Waals surface area contributed by atoms with Crippen LogP contribution in [0.4, 0.5) is 5.13 Å². The molecule has 3 rings (SSSR count). The van der Waals surface area contributed by atoms with E-state index in [-0.39, 0.29) is 0 Å². The van der Waals surface area contributed by atoms with E-state index >= 15 is 0 Å². The van der Waals surface area contributed by atoms with Crippen LogP contribution < -0.4 is 5.32 Å². The fraction of sp³-hybridized carbons (Fsp3) is 0.267. The van der Waals surface area contributed by atoms with Gasteiger partial charge in [-0.2, -0.15) is 0 Å². The smallest absolute Gasteiger partial charge is 0.262 e. The SMILES string of the molecule is CCSc1nnc(NC(=O)[C@@H](C)N2C(=O)c3ccccc3C2=O)s1. The number of fused-ring (bicyclic) bond motifs is 1. The Bertz CT molecular complexity index is 786. The minimum absolute atomic E-state index is 0.319. The molecule has 1 N–H and O–H groups in total. The lowest BCUT2D eigenvalue weighted by Crippen LogP contribution is -2.45. The summed E-state index contributed by atoms with van der Waals surface area (Å²) >= 11 is 2.78. The number of aromatic nitrogens is 2. The number of amides is 3. The normalized spacial score (nSPS) is 14.7. The molecule has 0 saturated heterocycles. The van der Waals surface area contributed by atoms with Crippen molar-refractivity contribution in [3.05, 3.63) is 35.4 Å². The predicted molar refractivity (Wildman–Crippen MR) is 91.3 cm³/mol. The average Bonchev–Trinajstić information content (AvgIpc) is 3.11. The van der Waals surface area contributed by atoms with Crippen LogP contribution in [0.5, 0.6) is 0 Å². The van der Waals surface area contributed by atoms with Crippen molar-refractivity contribution in [3.63, 3.8) is 0 Å². The lowest BCUT2D eigenvalue weighted by atomic mass is 10.1.